The molecule has 0 spiro atoms. The average molecular weight is 397 g/mol. The van der Waals surface area contributed by atoms with Crippen LogP contribution in [0.4, 0.5) is 17.7 Å². The van der Waals surface area contributed by atoms with Gasteiger partial charge in [0.05, 0.1) is 12.3 Å². The van der Waals surface area contributed by atoms with E-state index in [1.54, 1.807) is 18.5 Å². The van der Waals surface area contributed by atoms with Crippen LogP contribution in [0.1, 0.15) is 20.3 Å². The standard InChI is InChI=1S/C20H27N7O2/c1-15(2)14-16(19(28)22-8-6-21)24-17-5-7-23-20(25-17)27-11-9-26(10-12-27)18-4-3-13-29-18/h3-5,7,13,15-16H,8-12,14H2,1-2H3,(H,22,28)(H,23,24,25)/t16-/m0/s1. The van der Waals surface area contributed by atoms with Crippen LogP contribution < -0.4 is 20.4 Å². The molecule has 9 heteroatoms. The molecule has 29 heavy (non-hydrogen) atoms. The first-order chi connectivity index (χ1) is 14.1. The third-order valence-electron chi connectivity index (χ3n) is 4.71. The fourth-order valence-electron chi connectivity index (χ4n) is 3.29. The monoisotopic (exact) mass is 397 g/mol. The first kappa shape index (κ1) is 20.5. The van der Waals surface area contributed by atoms with Crippen LogP contribution in [0.15, 0.2) is 35.1 Å². The minimum atomic E-state index is -0.457. The minimum Gasteiger partial charge on any atom is -0.449 e. The molecule has 0 aliphatic carbocycles. The van der Waals surface area contributed by atoms with Crippen LogP contribution in [-0.4, -0.2) is 54.6 Å². The zero-order valence-electron chi connectivity index (χ0n) is 16.8. The van der Waals surface area contributed by atoms with Crippen molar-refractivity contribution in [2.75, 3.05) is 47.8 Å². The third kappa shape index (κ3) is 5.60. The fraction of sp³-hybridized carbons (Fsp3) is 0.500. The number of nitrogens with one attached hydrogen (secondary N) is 2. The van der Waals surface area contributed by atoms with Gasteiger partial charge in [-0.25, -0.2) is 4.98 Å². The lowest BCUT2D eigenvalue weighted by Gasteiger charge is -2.34. The molecule has 3 heterocycles. The molecule has 0 saturated carbocycles. The van der Waals surface area contributed by atoms with Gasteiger partial charge < -0.3 is 24.9 Å². The van der Waals surface area contributed by atoms with Gasteiger partial charge in [-0.05, 0) is 24.5 Å². The van der Waals surface area contributed by atoms with Crippen LogP contribution in [0, 0.1) is 17.2 Å². The van der Waals surface area contributed by atoms with Crippen LogP contribution in [0.5, 0.6) is 0 Å². The molecule has 1 aliphatic rings. The summed E-state index contributed by atoms with van der Waals surface area (Å²) in [6, 6.07) is 7.09. The van der Waals surface area contributed by atoms with E-state index in [2.05, 4.69) is 44.2 Å². The molecule has 0 radical (unpaired) electrons. The van der Waals surface area contributed by atoms with Crippen molar-refractivity contribution in [1.29, 1.82) is 5.26 Å². The predicted molar refractivity (Wildman–Crippen MR) is 111 cm³/mol. The van der Waals surface area contributed by atoms with Gasteiger partial charge in [-0.1, -0.05) is 13.8 Å². The van der Waals surface area contributed by atoms with Crippen molar-refractivity contribution in [2.45, 2.75) is 26.3 Å². The number of carbonyl (C=O) groups is 1. The number of piperazine rings is 1. The summed E-state index contributed by atoms with van der Waals surface area (Å²) in [4.78, 5) is 25.7. The number of aromatic nitrogens is 2. The minimum absolute atomic E-state index is 0.00984. The van der Waals surface area contributed by atoms with Crippen molar-refractivity contribution in [3.63, 3.8) is 0 Å². The van der Waals surface area contributed by atoms with Crippen molar-refractivity contribution in [3.8, 4) is 6.07 Å². The molecule has 154 valence electrons. The summed E-state index contributed by atoms with van der Waals surface area (Å²) in [5.74, 6) is 2.22. The summed E-state index contributed by atoms with van der Waals surface area (Å²) in [5.41, 5.74) is 0. The number of hydrogen-bond donors (Lipinski definition) is 2. The summed E-state index contributed by atoms with van der Waals surface area (Å²) < 4.78 is 5.47. The molecule has 1 atom stereocenters. The molecule has 0 bridgehead atoms. The van der Waals surface area contributed by atoms with Crippen LogP contribution in [-0.2, 0) is 4.79 Å². The van der Waals surface area contributed by atoms with E-state index in [1.807, 2.05) is 18.2 Å². The molecule has 2 aromatic heterocycles. The summed E-state index contributed by atoms with van der Waals surface area (Å²) >= 11 is 0. The Morgan fingerprint density at radius 1 is 1.28 bits per heavy atom. The highest BCUT2D eigenvalue weighted by Gasteiger charge is 2.23. The molecule has 1 fully saturated rings. The summed E-state index contributed by atoms with van der Waals surface area (Å²) in [6.45, 7) is 7.29. The van der Waals surface area contributed by atoms with Gasteiger partial charge in [0.1, 0.15) is 18.4 Å². The highest BCUT2D eigenvalue weighted by atomic mass is 16.3. The van der Waals surface area contributed by atoms with Gasteiger partial charge in [-0.2, -0.15) is 10.2 Å². The van der Waals surface area contributed by atoms with Gasteiger partial charge in [-0.3, -0.25) is 4.79 Å². The van der Waals surface area contributed by atoms with Gasteiger partial charge in [0.2, 0.25) is 11.9 Å². The number of hydrogen-bond acceptors (Lipinski definition) is 8. The summed E-state index contributed by atoms with van der Waals surface area (Å²) in [6.07, 6.45) is 4.02. The first-order valence-corrected chi connectivity index (χ1v) is 9.84. The van der Waals surface area contributed by atoms with Crippen molar-refractivity contribution in [3.05, 3.63) is 30.7 Å². The second-order valence-electron chi connectivity index (χ2n) is 7.37. The van der Waals surface area contributed by atoms with Crippen molar-refractivity contribution >= 4 is 23.6 Å². The quantitative estimate of drug-likeness (QED) is 0.650. The molecule has 2 aromatic rings. The second-order valence-corrected chi connectivity index (χ2v) is 7.37. The molecule has 1 amide bonds. The number of rotatable bonds is 8. The molecule has 3 rings (SSSR count). The maximum atomic E-state index is 12.4. The number of carbonyl (C=O) groups excluding carboxylic acids is 1. The first-order valence-electron chi connectivity index (χ1n) is 9.84. The Morgan fingerprint density at radius 3 is 2.69 bits per heavy atom. The van der Waals surface area contributed by atoms with Gasteiger partial charge >= 0.3 is 0 Å². The van der Waals surface area contributed by atoms with Gasteiger partial charge in [0.25, 0.3) is 0 Å². The largest absolute Gasteiger partial charge is 0.449 e. The Hall–Kier alpha value is -3.28. The summed E-state index contributed by atoms with van der Waals surface area (Å²) in [5, 5.41) is 14.5. The lowest BCUT2D eigenvalue weighted by atomic mass is 10.0. The van der Waals surface area contributed by atoms with Crippen LogP contribution in [0.2, 0.25) is 0 Å². The molecule has 1 aliphatic heterocycles. The molecule has 0 aromatic carbocycles. The highest BCUT2D eigenvalue weighted by molar-refractivity contribution is 5.84. The van der Waals surface area contributed by atoms with Crippen LogP contribution in [0.25, 0.3) is 0 Å². The molecular weight excluding hydrogens is 370 g/mol. The van der Waals surface area contributed by atoms with E-state index in [0.29, 0.717) is 24.1 Å². The Morgan fingerprint density at radius 2 is 2.03 bits per heavy atom. The maximum Gasteiger partial charge on any atom is 0.243 e. The molecular formula is C20H27N7O2. The van der Waals surface area contributed by atoms with Gasteiger partial charge in [0.15, 0.2) is 5.88 Å². The van der Waals surface area contributed by atoms with E-state index in [1.165, 1.54) is 0 Å². The Balaban J connectivity index is 1.63. The normalized spacial score (nSPS) is 15.1. The van der Waals surface area contributed by atoms with Crippen molar-refractivity contribution in [1.82, 2.24) is 15.3 Å². The highest BCUT2D eigenvalue weighted by Crippen LogP contribution is 2.20. The number of nitrogens with zero attached hydrogens (tertiary/aromatic N) is 5. The van der Waals surface area contributed by atoms with Gasteiger partial charge in [-0.15, -0.1) is 0 Å². The van der Waals surface area contributed by atoms with Crippen molar-refractivity contribution in [2.24, 2.45) is 5.92 Å². The molecule has 9 nitrogen and oxygen atoms in total. The van der Waals surface area contributed by atoms with E-state index in [9.17, 15) is 4.79 Å². The van der Waals surface area contributed by atoms with E-state index in [-0.39, 0.29) is 12.5 Å². The van der Waals surface area contributed by atoms with Crippen molar-refractivity contribution < 1.29 is 9.21 Å². The topological polar surface area (TPSA) is 110 Å². The third-order valence-corrected chi connectivity index (χ3v) is 4.71. The fourth-order valence-corrected chi connectivity index (χ4v) is 3.29. The van der Waals surface area contributed by atoms with Crippen LogP contribution in [0.3, 0.4) is 0 Å². The molecule has 0 unspecified atom stereocenters. The average Bonchev–Trinajstić information content (AvgIpc) is 3.26. The molecule has 1 saturated heterocycles. The number of anilines is 3. The Labute approximate surface area is 170 Å². The smallest absolute Gasteiger partial charge is 0.243 e. The van der Waals surface area contributed by atoms with E-state index in [4.69, 9.17) is 9.68 Å². The Kier molecular flexibility index (Phi) is 6.89. The van der Waals surface area contributed by atoms with E-state index >= 15 is 0 Å². The number of nitriles is 1. The lowest BCUT2D eigenvalue weighted by molar-refractivity contribution is -0.121. The zero-order chi connectivity index (χ0) is 20.6. The predicted octanol–water partition coefficient (Wildman–Crippen LogP) is 1.86. The molecule has 2 N–H and O–H groups in total. The van der Waals surface area contributed by atoms with E-state index < -0.39 is 6.04 Å². The Bertz CT molecular complexity index is 824. The van der Waals surface area contributed by atoms with Gasteiger partial charge in [0, 0.05) is 38.4 Å². The number of furan rings is 1. The number of amides is 1. The summed E-state index contributed by atoms with van der Waals surface area (Å²) in [7, 11) is 0. The lowest BCUT2D eigenvalue weighted by Crippen LogP contribution is -2.47. The zero-order valence-corrected chi connectivity index (χ0v) is 16.8. The van der Waals surface area contributed by atoms with E-state index in [0.717, 1.165) is 32.1 Å². The van der Waals surface area contributed by atoms with Crippen LogP contribution >= 0.6 is 0 Å². The second kappa shape index (κ2) is 9.78. The maximum absolute atomic E-state index is 12.4. The SMILES string of the molecule is CC(C)C[C@H](Nc1ccnc(N2CCN(c3ccco3)CC2)n1)C(=O)NCC#N.